The zero-order valence-electron chi connectivity index (χ0n) is 6.27. The van der Waals surface area contributed by atoms with Crippen LogP contribution in [0.5, 0.6) is 0 Å². The summed E-state index contributed by atoms with van der Waals surface area (Å²) in [5, 5.41) is 0. The summed E-state index contributed by atoms with van der Waals surface area (Å²) in [6, 6.07) is 0.895. The van der Waals surface area contributed by atoms with Crippen molar-refractivity contribution >= 4 is 0 Å². The highest BCUT2D eigenvalue weighted by Gasteiger charge is 2.20. The van der Waals surface area contributed by atoms with Crippen molar-refractivity contribution in [1.29, 1.82) is 0 Å². The maximum atomic E-state index is 3.82. The van der Waals surface area contributed by atoms with Gasteiger partial charge < -0.3 is 4.90 Å². The Balaban J connectivity index is 2.08. The molecule has 0 unspecified atom stereocenters. The number of nitrogens with zero attached hydrogens (tertiary/aromatic N) is 1. The first-order valence-corrected chi connectivity index (χ1v) is 3.84. The second kappa shape index (κ2) is 3.21. The van der Waals surface area contributed by atoms with Gasteiger partial charge in [0.05, 0.1) is 0 Å². The summed E-state index contributed by atoms with van der Waals surface area (Å²) < 4.78 is 0. The fourth-order valence-electron chi connectivity index (χ4n) is 1.26. The van der Waals surface area contributed by atoms with Gasteiger partial charge in [-0.3, -0.25) is 0 Å². The zero-order chi connectivity index (χ0) is 6.69. The second-order valence-corrected chi connectivity index (χ2v) is 2.92. The maximum absolute atomic E-state index is 3.82. The average molecular weight is 126 g/mol. The molecule has 0 spiro atoms. The van der Waals surface area contributed by atoms with Crippen LogP contribution in [0.1, 0.15) is 25.7 Å². The third-order valence-corrected chi connectivity index (χ3v) is 2.21. The van der Waals surface area contributed by atoms with Crippen LogP contribution in [-0.4, -0.2) is 24.5 Å². The Morgan fingerprint density at radius 3 is 2.56 bits per heavy atom. The normalized spacial score (nSPS) is 20.3. The van der Waals surface area contributed by atoms with Crippen molar-refractivity contribution in [3.63, 3.8) is 0 Å². The molecule has 1 rings (SSSR count). The first kappa shape index (κ1) is 7.07. The number of rotatable bonds is 3. The van der Waals surface area contributed by atoms with Crippen molar-refractivity contribution in [2.45, 2.75) is 31.7 Å². The van der Waals surface area contributed by atoms with Gasteiger partial charge in [0.25, 0.3) is 0 Å². The molecule has 1 heteroatoms. The van der Waals surface area contributed by atoms with Crippen LogP contribution in [0, 0.1) is 6.92 Å². The van der Waals surface area contributed by atoms with Gasteiger partial charge in [-0.15, -0.1) is 0 Å². The Kier molecular flexibility index (Phi) is 2.52. The van der Waals surface area contributed by atoms with Gasteiger partial charge in [0.1, 0.15) is 0 Å². The van der Waals surface area contributed by atoms with Crippen molar-refractivity contribution in [2.24, 2.45) is 0 Å². The monoisotopic (exact) mass is 126 g/mol. The van der Waals surface area contributed by atoms with Crippen molar-refractivity contribution in [3.05, 3.63) is 6.92 Å². The molecule has 0 atom stereocenters. The predicted molar refractivity (Wildman–Crippen MR) is 40.2 cm³/mol. The summed E-state index contributed by atoms with van der Waals surface area (Å²) >= 11 is 0. The molecule has 53 valence electrons. The van der Waals surface area contributed by atoms with Crippen LogP contribution in [0.4, 0.5) is 0 Å². The van der Waals surface area contributed by atoms with Gasteiger partial charge in [0.15, 0.2) is 0 Å². The standard InChI is InChI=1S/C8H16N/c1-3-7-9(2)8-5-4-6-8/h8H,1,3-7H2,2H3. The molecular formula is C8H16N. The van der Waals surface area contributed by atoms with E-state index in [1.54, 1.807) is 0 Å². The Morgan fingerprint density at radius 1 is 1.56 bits per heavy atom. The van der Waals surface area contributed by atoms with Crippen LogP contribution in [-0.2, 0) is 0 Å². The number of hydrogen-bond donors (Lipinski definition) is 0. The lowest BCUT2D eigenvalue weighted by molar-refractivity contribution is 0.162. The SMILES string of the molecule is [CH2]CCN(C)C1CCC1. The second-order valence-electron chi connectivity index (χ2n) is 2.92. The molecule has 0 aromatic heterocycles. The molecule has 1 saturated carbocycles. The minimum absolute atomic E-state index is 0.895. The van der Waals surface area contributed by atoms with Crippen molar-refractivity contribution in [2.75, 3.05) is 13.6 Å². The van der Waals surface area contributed by atoms with Crippen LogP contribution in [0.25, 0.3) is 0 Å². The molecule has 0 aromatic rings. The molecule has 0 aliphatic heterocycles. The molecular weight excluding hydrogens is 110 g/mol. The molecule has 9 heavy (non-hydrogen) atoms. The van der Waals surface area contributed by atoms with Crippen molar-refractivity contribution in [1.82, 2.24) is 4.90 Å². The van der Waals surface area contributed by atoms with Crippen LogP contribution >= 0.6 is 0 Å². The van der Waals surface area contributed by atoms with Gasteiger partial charge in [0.2, 0.25) is 0 Å². The molecule has 0 saturated heterocycles. The minimum Gasteiger partial charge on any atom is -0.303 e. The highest BCUT2D eigenvalue weighted by molar-refractivity contribution is 4.77. The minimum atomic E-state index is 0.895. The van der Waals surface area contributed by atoms with Gasteiger partial charge in [-0.2, -0.15) is 0 Å². The summed E-state index contributed by atoms with van der Waals surface area (Å²) in [6.07, 6.45) is 5.31. The van der Waals surface area contributed by atoms with E-state index in [9.17, 15) is 0 Å². The van der Waals surface area contributed by atoms with E-state index in [4.69, 9.17) is 0 Å². The van der Waals surface area contributed by atoms with Gasteiger partial charge >= 0.3 is 0 Å². The van der Waals surface area contributed by atoms with Crippen LogP contribution in [0.3, 0.4) is 0 Å². The van der Waals surface area contributed by atoms with E-state index in [0.717, 1.165) is 12.5 Å². The average Bonchev–Trinajstić information content (AvgIpc) is 1.60. The predicted octanol–water partition coefficient (Wildman–Crippen LogP) is 1.69. The Bertz CT molecular complexity index is 76.6. The summed E-state index contributed by atoms with van der Waals surface area (Å²) in [6.45, 7) is 5.00. The fourth-order valence-corrected chi connectivity index (χ4v) is 1.26. The Labute approximate surface area is 58.0 Å². The van der Waals surface area contributed by atoms with Crippen LogP contribution in [0.2, 0.25) is 0 Å². The highest BCUT2D eigenvalue weighted by atomic mass is 15.1. The van der Waals surface area contributed by atoms with Crippen molar-refractivity contribution in [3.8, 4) is 0 Å². The van der Waals surface area contributed by atoms with Gasteiger partial charge in [-0.1, -0.05) is 13.3 Å². The molecule has 1 fully saturated rings. The molecule has 1 aliphatic carbocycles. The molecule has 0 N–H and O–H groups in total. The maximum Gasteiger partial charge on any atom is 0.00922 e. The van der Waals surface area contributed by atoms with E-state index < -0.39 is 0 Å². The van der Waals surface area contributed by atoms with Gasteiger partial charge in [-0.05, 0) is 32.9 Å². The molecule has 0 aromatic carbocycles. The molecule has 0 amide bonds. The van der Waals surface area contributed by atoms with E-state index in [2.05, 4.69) is 18.9 Å². The lowest BCUT2D eigenvalue weighted by Crippen LogP contribution is -2.37. The fraction of sp³-hybridized carbons (Fsp3) is 0.875. The van der Waals surface area contributed by atoms with E-state index in [-0.39, 0.29) is 0 Å². The largest absolute Gasteiger partial charge is 0.303 e. The Hall–Kier alpha value is -0.0400. The summed E-state index contributed by atoms with van der Waals surface area (Å²) in [5.74, 6) is 0. The molecule has 1 nitrogen and oxygen atoms in total. The van der Waals surface area contributed by atoms with Crippen molar-refractivity contribution < 1.29 is 0 Å². The van der Waals surface area contributed by atoms with Crippen LogP contribution < -0.4 is 0 Å². The van der Waals surface area contributed by atoms with Gasteiger partial charge in [0, 0.05) is 6.04 Å². The van der Waals surface area contributed by atoms with E-state index >= 15 is 0 Å². The topological polar surface area (TPSA) is 3.24 Å². The third-order valence-electron chi connectivity index (χ3n) is 2.21. The summed E-state index contributed by atoms with van der Waals surface area (Å²) in [5.41, 5.74) is 0. The molecule has 0 bridgehead atoms. The first-order chi connectivity index (χ1) is 4.34. The van der Waals surface area contributed by atoms with Gasteiger partial charge in [-0.25, -0.2) is 0 Å². The molecule has 1 aliphatic rings. The third kappa shape index (κ3) is 1.68. The highest BCUT2D eigenvalue weighted by Crippen LogP contribution is 2.23. The summed E-state index contributed by atoms with van der Waals surface area (Å²) in [4.78, 5) is 2.43. The zero-order valence-corrected chi connectivity index (χ0v) is 6.27. The number of hydrogen-bond acceptors (Lipinski definition) is 1. The lowest BCUT2D eigenvalue weighted by atomic mass is 9.92. The van der Waals surface area contributed by atoms with E-state index in [1.165, 1.54) is 25.8 Å². The van der Waals surface area contributed by atoms with E-state index in [1.807, 2.05) is 0 Å². The molecule has 0 heterocycles. The first-order valence-electron chi connectivity index (χ1n) is 3.84. The summed E-state index contributed by atoms with van der Waals surface area (Å²) in [7, 11) is 2.20. The quantitative estimate of drug-likeness (QED) is 0.556. The Morgan fingerprint density at radius 2 is 2.22 bits per heavy atom. The lowest BCUT2D eigenvalue weighted by Gasteiger charge is -2.34. The van der Waals surface area contributed by atoms with E-state index in [0.29, 0.717) is 0 Å². The van der Waals surface area contributed by atoms with Crippen LogP contribution in [0.15, 0.2) is 0 Å². The molecule has 1 radical (unpaired) electrons. The smallest absolute Gasteiger partial charge is 0.00922 e.